The molecule has 0 saturated heterocycles. The second kappa shape index (κ2) is 5.07. The normalized spacial score (nSPS) is 20.7. The Kier molecular flexibility index (Phi) is 3.05. The van der Waals surface area contributed by atoms with Gasteiger partial charge in [-0.3, -0.25) is 9.79 Å². The van der Waals surface area contributed by atoms with Gasteiger partial charge >= 0.3 is 0 Å². The highest BCUT2D eigenvalue weighted by Gasteiger charge is 2.31. The van der Waals surface area contributed by atoms with Crippen LogP contribution in [-0.4, -0.2) is 17.8 Å². The van der Waals surface area contributed by atoms with Crippen molar-refractivity contribution in [2.45, 2.75) is 24.9 Å². The van der Waals surface area contributed by atoms with E-state index in [1.54, 1.807) is 0 Å². The minimum Gasteiger partial charge on any atom is -0.322 e. The van der Waals surface area contributed by atoms with Gasteiger partial charge in [0.2, 0.25) is 0 Å². The molecular formula is C18H17N3O. The maximum Gasteiger partial charge on any atom is 0.263 e. The van der Waals surface area contributed by atoms with Crippen molar-refractivity contribution in [3.63, 3.8) is 0 Å². The number of nitrogens with zero attached hydrogens (tertiary/aromatic N) is 1. The molecule has 4 heteroatoms. The van der Waals surface area contributed by atoms with Crippen LogP contribution in [0.1, 0.15) is 35.4 Å². The Morgan fingerprint density at radius 1 is 1.05 bits per heavy atom. The van der Waals surface area contributed by atoms with Gasteiger partial charge in [-0.2, -0.15) is 0 Å². The van der Waals surface area contributed by atoms with Crippen LogP contribution in [0.25, 0.3) is 0 Å². The lowest BCUT2D eigenvalue weighted by Gasteiger charge is -2.14. The Labute approximate surface area is 129 Å². The zero-order valence-electron chi connectivity index (χ0n) is 12.1. The molecule has 0 bridgehead atoms. The van der Waals surface area contributed by atoms with Crippen molar-refractivity contribution in [1.29, 1.82) is 0 Å². The Hall–Kier alpha value is -2.46. The van der Waals surface area contributed by atoms with Gasteiger partial charge < -0.3 is 11.1 Å². The largest absolute Gasteiger partial charge is 0.322 e. The number of anilines is 1. The third kappa shape index (κ3) is 2.22. The summed E-state index contributed by atoms with van der Waals surface area (Å²) >= 11 is 0. The summed E-state index contributed by atoms with van der Waals surface area (Å²) in [5.41, 5.74) is 10.7. The summed E-state index contributed by atoms with van der Waals surface area (Å²) in [6.45, 7) is 0. The third-order valence-corrected chi connectivity index (χ3v) is 4.20. The van der Waals surface area contributed by atoms with Crippen molar-refractivity contribution in [2.24, 2.45) is 10.7 Å². The summed E-state index contributed by atoms with van der Waals surface area (Å²) in [6.07, 6.45) is 1.47. The quantitative estimate of drug-likeness (QED) is 0.893. The van der Waals surface area contributed by atoms with E-state index in [-0.39, 0.29) is 5.91 Å². The number of carbonyl (C=O) groups excluding carboxylic acids is 1. The lowest BCUT2D eigenvalue weighted by molar-refractivity contribution is -0.117. The lowest BCUT2D eigenvalue weighted by atomic mass is 9.96. The highest BCUT2D eigenvalue weighted by Crippen LogP contribution is 2.45. The molecule has 0 aromatic heterocycles. The highest BCUT2D eigenvalue weighted by molar-refractivity contribution is 6.20. The van der Waals surface area contributed by atoms with Crippen LogP contribution in [0.5, 0.6) is 0 Å². The zero-order valence-corrected chi connectivity index (χ0v) is 12.1. The van der Waals surface area contributed by atoms with Gasteiger partial charge in [-0.15, -0.1) is 0 Å². The SMILES string of the molecule is N[C@H]1N=C(c2ccccc2)c2cccc(C3CC3)c2NC1=O. The van der Waals surface area contributed by atoms with Gasteiger partial charge in [-0.25, -0.2) is 0 Å². The van der Waals surface area contributed by atoms with Crippen molar-refractivity contribution >= 4 is 17.3 Å². The molecule has 4 rings (SSSR count). The van der Waals surface area contributed by atoms with Gasteiger partial charge in [0.1, 0.15) is 0 Å². The number of benzene rings is 2. The summed E-state index contributed by atoms with van der Waals surface area (Å²) in [7, 11) is 0. The first-order valence-corrected chi connectivity index (χ1v) is 7.57. The first kappa shape index (κ1) is 13.2. The average Bonchev–Trinajstić information content (AvgIpc) is 3.38. The first-order valence-electron chi connectivity index (χ1n) is 7.57. The molecule has 3 N–H and O–H groups in total. The van der Waals surface area contributed by atoms with Crippen LogP contribution in [0.4, 0.5) is 5.69 Å². The minimum absolute atomic E-state index is 0.250. The number of carbonyl (C=O) groups is 1. The van der Waals surface area contributed by atoms with E-state index in [1.807, 2.05) is 42.5 Å². The fourth-order valence-corrected chi connectivity index (χ4v) is 2.93. The van der Waals surface area contributed by atoms with Gasteiger partial charge in [0.05, 0.1) is 11.4 Å². The molecule has 1 saturated carbocycles. The number of rotatable bonds is 2. The number of hydrogen-bond donors (Lipinski definition) is 2. The van der Waals surface area contributed by atoms with Crippen LogP contribution < -0.4 is 11.1 Å². The Morgan fingerprint density at radius 3 is 2.55 bits per heavy atom. The van der Waals surface area contributed by atoms with Crippen molar-refractivity contribution in [3.05, 3.63) is 65.2 Å². The number of hydrogen-bond acceptors (Lipinski definition) is 3. The van der Waals surface area contributed by atoms with Crippen molar-refractivity contribution < 1.29 is 4.79 Å². The van der Waals surface area contributed by atoms with Crippen LogP contribution in [0.2, 0.25) is 0 Å². The molecule has 1 atom stereocenters. The Balaban J connectivity index is 1.93. The Morgan fingerprint density at radius 2 is 1.82 bits per heavy atom. The number of amides is 1. The van der Waals surface area contributed by atoms with Gasteiger partial charge in [0, 0.05) is 11.1 Å². The van der Waals surface area contributed by atoms with E-state index < -0.39 is 6.17 Å². The molecule has 0 radical (unpaired) electrons. The van der Waals surface area contributed by atoms with E-state index in [1.165, 1.54) is 18.4 Å². The van der Waals surface area contributed by atoms with Gasteiger partial charge in [-0.05, 0) is 24.3 Å². The number of nitrogens with one attached hydrogen (secondary N) is 1. The fraction of sp³-hybridized carbons (Fsp3) is 0.222. The maximum absolute atomic E-state index is 12.2. The lowest BCUT2D eigenvalue weighted by Crippen LogP contribution is -2.33. The Bertz CT molecular complexity index is 763. The van der Waals surface area contributed by atoms with Crippen LogP contribution in [-0.2, 0) is 4.79 Å². The number of aliphatic imine (C=N–C) groups is 1. The average molecular weight is 291 g/mol. The van der Waals surface area contributed by atoms with Crippen LogP contribution in [0, 0.1) is 0 Å². The van der Waals surface area contributed by atoms with E-state index >= 15 is 0 Å². The summed E-state index contributed by atoms with van der Waals surface area (Å²) in [5.74, 6) is 0.293. The molecule has 1 fully saturated rings. The topological polar surface area (TPSA) is 67.5 Å². The molecule has 0 spiro atoms. The van der Waals surface area contributed by atoms with Crippen LogP contribution in [0.15, 0.2) is 53.5 Å². The van der Waals surface area contributed by atoms with Crippen molar-refractivity contribution in [3.8, 4) is 0 Å². The van der Waals surface area contributed by atoms with Gasteiger partial charge in [0.15, 0.2) is 6.17 Å². The van der Waals surface area contributed by atoms with E-state index in [4.69, 9.17) is 5.73 Å². The predicted molar refractivity (Wildman–Crippen MR) is 87.1 cm³/mol. The van der Waals surface area contributed by atoms with Crippen molar-refractivity contribution in [1.82, 2.24) is 0 Å². The van der Waals surface area contributed by atoms with Crippen molar-refractivity contribution in [2.75, 3.05) is 5.32 Å². The predicted octanol–water partition coefficient (Wildman–Crippen LogP) is 2.64. The molecule has 1 aliphatic carbocycles. The number of nitrogens with two attached hydrogens (primary N) is 1. The summed E-state index contributed by atoms with van der Waals surface area (Å²) < 4.78 is 0. The maximum atomic E-state index is 12.2. The van der Waals surface area contributed by atoms with Gasteiger partial charge in [-0.1, -0.05) is 48.5 Å². The molecule has 1 amide bonds. The number of para-hydroxylation sites is 1. The standard InChI is InChI=1S/C18H17N3O/c19-17-18(22)21-16-13(11-9-10-11)7-4-8-14(16)15(20-17)12-5-2-1-3-6-12/h1-8,11,17H,9-10,19H2,(H,21,22)/t17-/m0/s1. The smallest absolute Gasteiger partial charge is 0.263 e. The summed E-state index contributed by atoms with van der Waals surface area (Å²) in [4.78, 5) is 16.7. The summed E-state index contributed by atoms with van der Waals surface area (Å²) in [5, 5.41) is 2.98. The molecule has 1 aliphatic heterocycles. The van der Waals surface area contributed by atoms with Gasteiger partial charge in [0.25, 0.3) is 5.91 Å². The minimum atomic E-state index is -0.880. The zero-order chi connectivity index (χ0) is 15.1. The van der Waals surface area contributed by atoms with E-state index in [2.05, 4.69) is 16.4 Å². The van der Waals surface area contributed by atoms with E-state index in [0.29, 0.717) is 5.92 Å². The number of fused-ring (bicyclic) bond motifs is 1. The van der Waals surface area contributed by atoms with Crippen LogP contribution in [0.3, 0.4) is 0 Å². The second-order valence-electron chi connectivity index (χ2n) is 5.82. The first-order chi connectivity index (χ1) is 10.7. The molecule has 2 aliphatic rings. The monoisotopic (exact) mass is 291 g/mol. The third-order valence-electron chi connectivity index (χ3n) is 4.20. The molecule has 1 heterocycles. The molecule has 2 aromatic rings. The second-order valence-corrected chi connectivity index (χ2v) is 5.82. The molecule has 4 nitrogen and oxygen atoms in total. The molecule has 110 valence electrons. The number of benzodiazepines with no additional fused rings is 1. The highest BCUT2D eigenvalue weighted by atomic mass is 16.2. The van der Waals surface area contributed by atoms with E-state index in [0.717, 1.165) is 22.5 Å². The molecular weight excluding hydrogens is 274 g/mol. The van der Waals surface area contributed by atoms with Crippen LogP contribution >= 0.6 is 0 Å². The molecule has 22 heavy (non-hydrogen) atoms. The molecule has 0 unspecified atom stereocenters. The fourth-order valence-electron chi connectivity index (χ4n) is 2.93. The summed E-state index contributed by atoms with van der Waals surface area (Å²) in [6, 6.07) is 16.0. The van der Waals surface area contributed by atoms with E-state index in [9.17, 15) is 4.79 Å². The molecule has 2 aromatic carbocycles.